The molecule has 0 bridgehead atoms. The summed E-state index contributed by atoms with van der Waals surface area (Å²) in [4.78, 5) is 2.10. The number of hydrogen-bond acceptors (Lipinski definition) is 2. The van der Waals surface area contributed by atoms with E-state index in [1.165, 1.54) is 31.4 Å². The fourth-order valence-corrected chi connectivity index (χ4v) is 2.24. The van der Waals surface area contributed by atoms with E-state index in [0.29, 0.717) is 0 Å². The van der Waals surface area contributed by atoms with Gasteiger partial charge in [-0.05, 0) is 30.9 Å². The predicted octanol–water partition coefficient (Wildman–Crippen LogP) is 3.32. The van der Waals surface area contributed by atoms with E-state index >= 15 is 0 Å². The van der Waals surface area contributed by atoms with Gasteiger partial charge in [-0.15, -0.1) is 0 Å². The first-order valence-corrected chi connectivity index (χ1v) is 6.16. The maximum absolute atomic E-state index is 5.85. The van der Waals surface area contributed by atoms with Crippen LogP contribution in [0, 0.1) is 5.92 Å². The molecule has 2 rings (SSSR count). The second kappa shape index (κ2) is 5.24. The normalized spacial score (nSPS) is 16.4. The summed E-state index contributed by atoms with van der Waals surface area (Å²) in [6.45, 7) is 0.886. The molecule has 2 heteroatoms. The van der Waals surface area contributed by atoms with Crippen molar-refractivity contribution in [2.75, 3.05) is 25.6 Å². The number of benzene rings is 1. The van der Waals surface area contributed by atoms with Crippen molar-refractivity contribution in [2.24, 2.45) is 5.92 Å². The third-order valence-electron chi connectivity index (χ3n) is 3.29. The third-order valence-corrected chi connectivity index (χ3v) is 3.29. The van der Waals surface area contributed by atoms with Gasteiger partial charge in [-0.25, -0.2) is 0 Å². The average molecular weight is 219 g/mol. The van der Waals surface area contributed by atoms with Crippen molar-refractivity contribution in [3.8, 4) is 5.75 Å². The highest BCUT2D eigenvalue weighted by atomic mass is 16.5. The van der Waals surface area contributed by atoms with E-state index in [0.717, 1.165) is 18.3 Å². The molecule has 1 fully saturated rings. The average Bonchev–Trinajstić information content (AvgIpc) is 2.79. The van der Waals surface area contributed by atoms with Crippen molar-refractivity contribution >= 4 is 5.69 Å². The number of anilines is 1. The van der Waals surface area contributed by atoms with Gasteiger partial charge in [0.25, 0.3) is 0 Å². The monoisotopic (exact) mass is 219 g/mol. The molecule has 0 spiro atoms. The molecule has 2 nitrogen and oxygen atoms in total. The standard InChI is InChI=1S/C14H21NO/c1-15(2)13-8-5-9-14(10-13)16-11-12-6-3-4-7-12/h5,8-10,12H,3-4,6-7,11H2,1-2H3. The molecule has 1 saturated carbocycles. The molecule has 0 atom stereocenters. The SMILES string of the molecule is CN(C)c1cccc(OCC2CCCC2)c1. The smallest absolute Gasteiger partial charge is 0.121 e. The second-order valence-electron chi connectivity index (χ2n) is 4.85. The van der Waals surface area contributed by atoms with E-state index in [-0.39, 0.29) is 0 Å². The lowest BCUT2D eigenvalue weighted by Gasteiger charge is -2.15. The Kier molecular flexibility index (Phi) is 3.70. The number of ether oxygens (including phenoxy) is 1. The van der Waals surface area contributed by atoms with Crippen LogP contribution in [-0.2, 0) is 0 Å². The molecule has 0 saturated heterocycles. The molecule has 16 heavy (non-hydrogen) atoms. The largest absolute Gasteiger partial charge is 0.493 e. The molecule has 1 aliphatic carbocycles. The van der Waals surface area contributed by atoms with Gasteiger partial charge in [0.2, 0.25) is 0 Å². The first-order chi connectivity index (χ1) is 7.75. The van der Waals surface area contributed by atoms with Crippen molar-refractivity contribution < 1.29 is 4.74 Å². The van der Waals surface area contributed by atoms with Crippen LogP contribution in [0.3, 0.4) is 0 Å². The van der Waals surface area contributed by atoms with Gasteiger partial charge < -0.3 is 9.64 Å². The Balaban J connectivity index is 1.90. The Labute approximate surface area is 98.2 Å². The number of rotatable bonds is 4. The molecular formula is C14H21NO. The summed E-state index contributed by atoms with van der Waals surface area (Å²) in [6, 6.07) is 8.30. The van der Waals surface area contributed by atoms with Crippen LogP contribution in [-0.4, -0.2) is 20.7 Å². The van der Waals surface area contributed by atoms with Crippen molar-refractivity contribution in [2.45, 2.75) is 25.7 Å². The van der Waals surface area contributed by atoms with E-state index in [2.05, 4.69) is 37.2 Å². The first-order valence-electron chi connectivity index (χ1n) is 6.16. The van der Waals surface area contributed by atoms with Crippen LogP contribution in [0.5, 0.6) is 5.75 Å². The van der Waals surface area contributed by atoms with Gasteiger partial charge >= 0.3 is 0 Å². The maximum Gasteiger partial charge on any atom is 0.121 e. The molecule has 0 heterocycles. The summed E-state index contributed by atoms with van der Waals surface area (Å²) in [7, 11) is 4.10. The molecule has 0 aromatic heterocycles. The zero-order chi connectivity index (χ0) is 11.4. The summed E-state index contributed by atoms with van der Waals surface area (Å²) in [5.74, 6) is 1.78. The highest BCUT2D eigenvalue weighted by Crippen LogP contribution is 2.26. The lowest BCUT2D eigenvalue weighted by atomic mass is 10.1. The van der Waals surface area contributed by atoms with Crippen molar-refractivity contribution in [1.82, 2.24) is 0 Å². The molecule has 0 aliphatic heterocycles. The lowest BCUT2D eigenvalue weighted by molar-refractivity contribution is 0.252. The van der Waals surface area contributed by atoms with Crippen LogP contribution in [0.2, 0.25) is 0 Å². The summed E-state index contributed by atoms with van der Waals surface area (Å²) in [5.41, 5.74) is 1.20. The predicted molar refractivity (Wildman–Crippen MR) is 68.2 cm³/mol. The Hall–Kier alpha value is -1.18. The van der Waals surface area contributed by atoms with Crippen molar-refractivity contribution in [3.05, 3.63) is 24.3 Å². The van der Waals surface area contributed by atoms with E-state index in [1.54, 1.807) is 0 Å². The third kappa shape index (κ3) is 2.91. The van der Waals surface area contributed by atoms with Gasteiger partial charge in [0.1, 0.15) is 5.75 Å². The molecule has 1 aliphatic rings. The highest BCUT2D eigenvalue weighted by Gasteiger charge is 2.15. The van der Waals surface area contributed by atoms with Gasteiger partial charge in [0.15, 0.2) is 0 Å². The molecular weight excluding hydrogens is 198 g/mol. The van der Waals surface area contributed by atoms with Gasteiger partial charge in [-0.2, -0.15) is 0 Å². The zero-order valence-electron chi connectivity index (χ0n) is 10.3. The minimum atomic E-state index is 0.781. The highest BCUT2D eigenvalue weighted by molar-refractivity contribution is 5.49. The Morgan fingerprint density at radius 3 is 2.69 bits per heavy atom. The van der Waals surface area contributed by atoms with E-state index < -0.39 is 0 Å². The van der Waals surface area contributed by atoms with Crippen molar-refractivity contribution in [3.63, 3.8) is 0 Å². The Morgan fingerprint density at radius 1 is 1.25 bits per heavy atom. The van der Waals surface area contributed by atoms with Crippen LogP contribution in [0.4, 0.5) is 5.69 Å². The first kappa shape index (κ1) is 11.3. The van der Waals surface area contributed by atoms with E-state index in [4.69, 9.17) is 4.74 Å². The molecule has 0 N–H and O–H groups in total. The van der Waals surface area contributed by atoms with Crippen molar-refractivity contribution in [1.29, 1.82) is 0 Å². The van der Waals surface area contributed by atoms with Crippen LogP contribution < -0.4 is 9.64 Å². The quantitative estimate of drug-likeness (QED) is 0.770. The van der Waals surface area contributed by atoms with Crippen LogP contribution in [0.25, 0.3) is 0 Å². The number of nitrogens with zero attached hydrogens (tertiary/aromatic N) is 1. The lowest BCUT2D eigenvalue weighted by Crippen LogP contribution is -2.10. The summed E-state index contributed by atoms with van der Waals surface area (Å²) >= 11 is 0. The fraction of sp³-hybridized carbons (Fsp3) is 0.571. The molecule has 1 aromatic carbocycles. The zero-order valence-corrected chi connectivity index (χ0v) is 10.3. The van der Waals surface area contributed by atoms with Crippen LogP contribution in [0.1, 0.15) is 25.7 Å². The van der Waals surface area contributed by atoms with Crippen LogP contribution in [0.15, 0.2) is 24.3 Å². The fourth-order valence-electron chi connectivity index (χ4n) is 2.24. The second-order valence-corrected chi connectivity index (χ2v) is 4.85. The number of hydrogen-bond donors (Lipinski definition) is 0. The summed E-state index contributed by atoms with van der Waals surface area (Å²) in [5, 5.41) is 0. The minimum absolute atomic E-state index is 0.781. The Morgan fingerprint density at radius 2 is 2.00 bits per heavy atom. The maximum atomic E-state index is 5.85. The Bertz CT molecular complexity index is 329. The van der Waals surface area contributed by atoms with Crippen LogP contribution >= 0.6 is 0 Å². The van der Waals surface area contributed by atoms with Gasteiger partial charge in [-0.1, -0.05) is 18.9 Å². The summed E-state index contributed by atoms with van der Waals surface area (Å²) < 4.78 is 5.85. The van der Waals surface area contributed by atoms with E-state index in [1.807, 2.05) is 6.07 Å². The van der Waals surface area contributed by atoms with Gasteiger partial charge in [0.05, 0.1) is 6.61 Å². The molecule has 0 amide bonds. The molecule has 0 unspecified atom stereocenters. The van der Waals surface area contributed by atoms with E-state index in [9.17, 15) is 0 Å². The topological polar surface area (TPSA) is 12.5 Å². The molecule has 0 radical (unpaired) electrons. The molecule has 1 aromatic rings. The minimum Gasteiger partial charge on any atom is -0.493 e. The van der Waals surface area contributed by atoms with Gasteiger partial charge in [-0.3, -0.25) is 0 Å². The summed E-state index contributed by atoms with van der Waals surface area (Å²) in [6.07, 6.45) is 5.44. The van der Waals surface area contributed by atoms with Gasteiger partial charge in [0, 0.05) is 25.8 Å². The molecule has 88 valence electrons.